The van der Waals surface area contributed by atoms with Crippen LogP contribution in [0, 0.1) is 0 Å². The van der Waals surface area contributed by atoms with Gasteiger partial charge in [-0.1, -0.05) is 6.92 Å². The van der Waals surface area contributed by atoms with Crippen LogP contribution >= 0.6 is 27.7 Å². The Balaban J connectivity index is -0.000000144. The Labute approximate surface area is 89.1 Å². The van der Waals surface area contributed by atoms with Crippen LogP contribution in [0.4, 0.5) is 0 Å². The number of hydrogen-bond acceptors (Lipinski definition) is 11. The first-order chi connectivity index (χ1) is 6.41. The van der Waals surface area contributed by atoms with Gasteiger partial charge in [0.2, 0.25) is 0 Å². The van der Waals surface area contributed by atoms with Crippen LogP contribution in [0.2, 0.25) is 0 Å². The minimum Gasteiger partial charge on any atom is -0.822 e. The van der Waals surface area contributed by atoms with E-state index < -0.39 is 15.6 Å². The predicted octanol–water partition coefficient (Wildman–Crippen LogP) is -4.51. The molecular weight excluding hydrogens is 278 g/mol. The third kappa shape index (κ3) is 365. The highest BCUT2D eigenvalue weighted by Crippen LogP contribution is 2.03. The number of hydrogen-bond donors (Lipinski definition) is 1. The van der Waals surface area contributed by atoms with E-state index in [1.165, 1.54) is 0 Å². The molecule has 0 saturated carbocycles. The topological polar surface area (TPSA) is 202 Å². The molecule has 96 valence electrons. The zero-order chi connectivity index (χ0) is 13.1. The Kier molecular flexibility index (Phi) is 15.3. The van der Waals surface area contributed by atoms with Crippen molar-refractivity contribution in [2.24, 2.45) is 0 Å². The molecule has 0 aliphatic rings. The minimum absolute atomic E-state index is 0.788. The van der Waals surface area contributed by atoms with E-state index in [9.17, 15) is 0 Å². The summed E-state index contributed by atoms with van der Waals surface area (Å²) in [5.41, 5.74) is 0. The molecule has 0 saturated heterocycles. The Hall–Kier alpha value is 0.490. The molecule has 10 nitrogen and oxygen atoms in total. The van der Waals surface area contributed by atoms with Crippen LogP contribution in [0.15, 0.2) is 0 Å². The van der Waals surface area contributed by atoms with Crippen molar-refractivity contribution >= 4 is 27.7 Å². The third-order valence-corrected chi connectivity index (χ3v) is 0.512. The van der Waals surface area contributed by atoms with E-state index in [0.29, 0.717) is 0 Å². The second-order valence-electron chi connectivity index (χ2n) is 1.38. The molecule has 0 aliphatic carbocycles. The fourth-order valence-electron chi connectivity index (χ4n) is 0.0527. The van der Waals surface area contributed by atoms with Gasteiger partial charge < -0.3 is 38.5 Å². The first-order valence-electron chi connectivity index (χ1n) is 2.81. The summed E-state index contributed by atoms with van der Waals surface area (Å²) in [5, 5.41) is 7.53. The Bertz CT molecular complexity index is 167. The van der Waals surface area contributed by atoms with Gasteiger partial charge in [-0.25, -0.2) is 5.26 Å². The second kappa shape index (κ2) is 11.0. The van der Waals surface area contributed by atoms with Crippen molar-refractivity contribution in [3.8, 4) is 0 Å². The first-order valence-corrected chi connectivity index (χ1v) is 6.64. The molecule has 0 bridgehead atoms. The molecule has 0 rings (SSSR count). The Morgan fingerprint density at radius 3 is 1.27 bits per heavy atom. The highest BCUT2D eigenvalue weighted by Gasteiger charge is 1.69. The lowest BCUT2D eigenvalue weighted by Gasteiger charge is -2.36. The Morgan fingerprint density at radius 2 is 1.27 bits per heavy atom. The first kappa shape index (κ1) is 20.8. The maximum Gasteiger partial charge on any atom is 0.0308 e. The normalized spacial score (nSPS) is 10.7. The second-order valence-corrected chi connectivity index (χ2v) is 4.13. The van der Waals surface area contributed by atoms with E-state index in [1.807, 2.05) is 6.92 Å². The zero-order valence-electron chi connectivity index (χ0n) is 7.13. The van der Waals surface area contributed by atoms with Crippen molar-refractivity contribution in [1.29, 1.82) is 0 Å². The molecular formula is C2H6O10P2S-6. The Morgan fingerprint density at radius 1 is 1.07 bits per heavy atom. The van der Waals surface area contributed by atoms with E-state index in [-0.39, 0.29) is 0 Å². The average Bonchev–Trinajstić information content (AvgIpc) is 1.80. The van der Waals surface area contributed by atoms with Crippen LogP contribution in [0.1, 0.15) is 6.92 Å². The van der Waals surface area contributed by atoms with Crippen LogP contribution in [0.5, 0.6) is 0 Å². The summed E-state index contributed by atoms with van der Waals surface area (Å²) in [5.74, 6) is 0.788. The van der Waals surface area contributed by atoms with Gasteiger partial charge in [-0.15, -0.1) is 0 Å². The quantitative estimate of drug-likeness (QED) is 0.221. The molecule has 0 aromatic carbocycles. The summed E-state index contributed by atoms with van der Waals surface area (Å²) < 4.78 is 20.7. The van der Waals surface area contributed by atoms with E-state index >= 15 is 0 Å². The zero-order valence-corrected chi connectivity index (χ0v) is 9.74. The molecule has 0 heterocycles. The fourth-order valence-corrected chi connectivity index (χ4v) is 0.158. The summed E-state index contributed by atoms with van der Waals surface area (Å²) in [6, 6.07) is 0. The van der Waals surface area contributed by atoms with Gasteiger partial charge in [-0.05, 0) is 0 Å². The number of rotatable bonds is 2. The molecule has 13 heteroatoms. The molecule has 0 amide bonds. The smallest absolute Gasteiger partial charge is 0.0308 e. The van der Waals surface area contributed by atoms with Gasteiger partial charge in [-0.2, -0.15) is 20.0 Å². The summed E-state index contributed by atoms with van der Waals surface area (Å²) in [6.45, 7) is 1.89. The van der Waals surface area contributed by atoms with Crippen LogP contribution in [0.25, 0.3) is 0 Å². The largest absolute Gasteiger partial charge is 0.822 e. The summed E-state index contributed by atoms with van der Waals surface area (Å²) in [6.07, 6.45) is 0. The third-order valence-electron chi connectivity index (χ3n) is 0.171. The average molecular weight is 284 g/mol. The van der Waals surface area contributed by atoms with E-state index in [4.69, 9.17) is 43.7 Å². The SMILES string of the molecule is CCSOO.O=P([O-])([O-])[O-].O=P([O-])([O-])[O-]. The van der Waals surface area contributed by atoms with Crippen molar-refractivity contribution in [2.75, 3.05) is 5.75 Å². The molecule has 15 heavy (non-hydrogen) atoms. The maximum atomic E-state index is 8.55. The molecule has 1 N–H and O–H groups in total. The van der Waals surface area contributed by atoms with Gasteiger partial charge in [0, 0.05) is 17.8 Å². The van der Waals surface area contributed by atoms with E-state index in [1.54, 1.807) is 0 Å². The number of phosphoric acid groups is 2. The lowest BCUT2D eigenvalue weighted by atomic mass is 11.0. The monoisotopic (exact) mass is 284 g/mol. The highest BCUT2D eigenvalue weighted by molar-refractivity contribution is 7.94. The van der Waals surface area contributed by atoms with Crippen molar-refractivity contribution in [1.82, 2.24) is 0 Å². The van der Waals surface area contributed by atoms with Crippen LogP contribution in [-0.2, 0) is 13.5 Å². The van der Waals surface area contributed by atoms with E-state index in [0.717, 1.165) is 17.8 Å². The highest BCUT2D eigenvalue weighted by atomic mass is 32.2. The van der Waals surface area contributed by atoms with Gasteiger partial charge in [-0.3, -0.25) is 0 Å². The van der Waals surface area contributed by atoms with Gasteiger partial charge in [0.25, 0.3) is 0 Å². The summed E-state index contributed by atoms with van der Waals surface area (Å²) in [7, 11) is -10.8. The molecule has 0 aromatic heterocycles. The standard InChI is InChI=1S/C2H6O2S.2H3O4P/c1-2-5-4-3;2*1-5(2,3)4/h3H,2H2,1H3;2*(H3,1,2,3,4)/p-6. The summed E-state index contributed by atoms with van der Waals surface area (Å²) >= 11 is 1.02. The van der Waals surface area contributed by atoms with Crippen molar-refractivity contribution in [3.05, 3.63) is 0 Å². The van der Waals surface area contributed by atoms with Gasteiger partial charge in [0.15, 0.2) is 0 Å². The van der Waals surface area contributed by atoms with Gasteiger partial charge >= 0.3 is 0 Å². The van der Waals surface area contributed by atoms with Gasteiger partial charge in [0.1, 0.15) is 0 Å². The van der Waals surface area contributed by atoms with Crippen molar-refractivity contribution < 1.29 is 48.1 Å². The lowest BCUT2D eigenvalue weighted by Crippen LogP contribution is -2.24. The van der Waals surface area contributed by atoms with Crippen molar-refractivity contribution in [2.45, 2.75) is 6.92 Å². The summed E-state index contributed by atoms with van der Waals surface area (Å²) in [4.78, 5) is 51.3. The molecule has 0 atom stereocenters. The fraction of sp³-hybridized carbons (Fsp3) is 1.00. The maximum absolute atomic E-state index is 8.55. The van der Waals surface area contributed by atoms with Crippen LogP contribution in [-0.4, -0.2) is 11.0 Å². The van der Waals surface area contributed by atoms with Crippen LogP contribution in [0.3, 0.4) is 0 Å². The molecule has 0 aliphatic heterocycles. The molecule has 0 unspecified atom stereocenters. The van der Waals surface area contributed by atoms with Gasteiger partial charge in [0.05, 0.1) is 0 Å². The molecule has 0 spiro atoms. The lowest BCUT2D eigenvalue weighted by molar-refractivity contribution is -0.434. The van der Waals surface area contributed by atoms with Crippen LogP contribution < -0.4 is 29.4 Å². The molecule has 0 aromatic rings. The molecule has 0 fully saturated rings. The predicted molar refractivity (Wildman–Crippen MR) is 37.1 cm³/mol. The minimum atomic E-state index is -5.39. The van der Waals surface area contributed by atoms with Crippen molar-refractivity contribution in [3.63, 3.8) is 0 Å². The molecule has 0 radical (unpaired) electrons. The van der Waals surface area contributed by atoms with E-state index in [2.05, 4.69) is 4.33 Å².